The minimum absolute atomic E-state index is 0.762. The highest BCUT2D eigenvalue weighted by Gasteiger charge is 2.03. The Balaban J connectivity index is 2.19. The molecule has 0 bridgehead atoms. The van der Waals surface area contributed by atoms with Crippen LogP contribution < -0.4 is 5.32 Å². The van der Waals surface area contributed by atoms with E-state index in [-0.39, 0.29) is 0 Å². The lowest BCUT2D eigenvalue weighted by atomic mass is 10.2. The fourth-order valence-electron chi connectivity index (χ4n) is 1.08. The summed E-state index contributed by atoms with van der Waals surface area (Å²) in [5.41, 5.74) is 1.58. The molecule has 1 heterocycles. The van der Waals surface area contributed by atoms with E-state index in [1.54, 1.807) is 5.57 Å². The number of hydrogen-bond donors (Lipinski definition) is 1. The molecule has 2 heteroatoms. The molecule has 0 aromatic heterocycles. The minimum Gasteiger partial charge on any atom is -0.313 e. The van der Waals surface area contributed by atoms with E-state index in [4.69, 9.17) is 0 Å². The SMILES string of the molecule is CC(C)SCC1=CCCNC1. The van der Waals surface area contributed by atoms with Crippen molar-refractivity contribution in [2.24, 2.45) is 0 Å². The van der Waals surface area contributed by atoms with E-state index >= 15 is 0 Å². The van der Waals surface area contributed by atoms with Crippen molar-refractivity contribution in [3.63, 3.8) is 0 Å². The summed E-state index contributed by atoms with van der Waals surface area (Å²) >= 11 is 2.03. The summed E-state index contributed by atoms with van der Waals surface area (Å²) in [6.07, 6.45) is 3.60. The highest BCUT2D eigenvalue weighted by Crippen LogP contribution is 2.14. The van der Waals surface area contributed by atoms with Crippen LogP contribution >= 0.6 is 11.8 Å². The van der Waals surface area contributed by atoms with Crippen LogP contribution in [0.15, 0.2) is 11.6 Å². The molecule has 0 atom stereocenters. The first kappa shape index (κ1) is 9.14. The van der Waals surface area contributed by atoms with Gasteiger partial charge in [-0.3, -0.25) is 0 Å². The van der Waals surface area contributed by atoms with Crippen LogP contribution in [-0.2, 0) is 0 Å². The first-order chi connectivity index (χ1) is 5.29. The maximum absolute atomic E-state index is 3.38. The zero-order valence-corrected chi connectivity index (χ0v) is 8.21. The van der Waals surface area contributed by atoms with Crippen molar-refractivity contribution in [3.8, 4) is 0 Å². The van der Waals surface area contributed by atoms with E-state index in [0.29, 0.717) is 0 Å². The van der Waals surface area contributed by atoms with Gasteiger partial charge in [0, 0.05) is 12.3 Å². The first-order valence-electron chi connectivity index (χ1n) is 4.29. The molecule has 0 saturated heterocycles. The predicted molar refractivity (Wildman–Crippen MR) is 53.2 cm³/mol. The highest BCUT2D eigenvalue weighted by molar-refractivity contribution is 8.00. The van der Waals surface area contributed by atoms with Crippen molar-refractivity contribution in [1.82, 2.24) is 5.32 Å². The fraction of sp³-hybridized carbons (Fsp3) is 0.778. The summed E-state index contributed by atoms with van der Waals surface area (Å²) < 4.78 is 0. The zero-order chi connectivity index (χ0) is 8.10. The Morgan fingerprint density at radius 3 is 3.00 bits per heavy atom. The Labute approximate surface area is 73.6 Å². The molecule has 0 saturated carbocycles. The molecule has 0 aliphatic carbocycles. The molecule has 1 aliphatic heterocycles. The van der Waals surface area contributed by atoms with Gasteiger partial charge in [-0.2, -0.15) is 11.8 Å². The second-order valence-electron chi connectivity index (χ2n) is 3.19. The van der Waals surface area contributed by atoms with Gasteiger partial charge < -0.3 is 5.32 Å². The van der Waals surface area contributed by atoms with Crippen molar-refractivity contribution < 1.29 is 0 Å². The molecule has 0 unspecified atom stereocenters. The Kier molecular flexibility index (Phi) is 4.02. The third kappa shape index (κ3) is 3.82. The lowest BCUT2D eigenvalue weighted by Gasteiger charge is -2.14. The molecule has 0 aromatic rings. The Bertz CT molecular complexity index is 140. The number of thioether (sulfide) groups is 1. The van der Waals surface area contributed by atoms with Gasteiger partial charge in [0.1, 0.15) is 0 Å². The fourth-order valence-corrected chi connectivity index (χ4v) is 1.85. The zero-order valence-electron chi connectivity index (χ0n) is 7.39. The van der Waals surface area contributed by atoms with Crippen molar-refractivity contribution in [2.75, 3.05) is 18.8 Å². The van der Waals surface area contributed by atoms with Gasteiger partial charge in [0.25, 0.3) is 0 Å². The molecule has 1 aliphatic rings. The smallest absolute Gasteiger partial charge is 0.0173 e. The topological polar surface area (TPSA) is 12.0 Å². The quantitative estimate of drug-likeness (QED) is 0.652. The summed E-state index contributed by atoms with van der Waals surface area (Å²) in [4.78, 5) is 0. The van der Waals surface area contributed by atoms with Crippen LogP contribution in [0.4, 0.5) is 0 Å². The van der Waals surface area contributed by atoms with Crippen molar-refractivity contribution in [1.29, 1.82) is 0 Å². The van der Waals surface area contributed by atoms with E-state index in [0.717, 1.165) is 18.3 Å². The van der Waals surface area contributed by atoms with E-state index in [9.17, 15) is 0 Å². The Hall–Kier alpha value is 0.0500. The van der Waals surface area contributed by atoms with Crippen molar-refractivity contribution in [3.05, 3.63) is 11.6 Å². The molecule has 1 rings (SSSR count). The average Bonchev–Trinajstić information content (AvgIpc) is 2.03. The molecule has 64 valence electrons. The van der Waals surface area contributed by atoms with Crippen molar-refractivity contribution in [2.45, 2.75) is 25.5 Å². The van der Waals surface area contributed by atoms with Crippen LogP contribution in [-0.4, -0.2) is 24.1 Å². The van der Waals surface area contributed by atoms with Crippen LogP contribution in [0, 0.1) is 0 Å². The summed E-state index contributed by atoms with van der Waals surface area (Å²) in [7, 11) is 0. The molecule has 1 nitrogen and oxygen atoms in total. The van der Waals surface area contributed by atoms with Crippen LogP contribution in [0.3, 0.4) is 0 Å². The highest BCUT2D eigenvalue weighted by atomic mass is 32.2. The van der Waals surface area contributed by atoms with Gasteiger partial charge in [-0.1, -0.05) is 25.5 Å². The van der Waals surface area contributed by atoms with Gasteiger partial charge in [0.05, 0.1) is 0 Å². The monoisotopic (exact) mass is 171 g/mol. The van der Waals surface area contributed by atoms with Crippen molar-refractivity contribution >= 4 is 11.8 Å². The predicted octanol–water partition coefficient (Wildman–Crippen LogP) is 2.05. The molecule has 0 amide bonds. The van der Waals surface area contributed by atoms with Gasteiger partial charge in [-0.05, 0) is 18.2 Å². The number of nitrogens with one attached hydrogen (secondary N) is 1. The third-order valence-corrected chi connectivity index (χ3v) is 2.91. The molecule has 0 aromatic carbocycles. The van der Waals surface area contributed by atoms with Crippen LogP contribution in [0.2, 0.25) is 0 Å². The maximum atomic E-state index is 3.38. The molecular weight excluding hydrogens is 154 g/mol. The van der Waals surface area contributed by atoms with Gasteiger partial charge in [-0.25, -0.2) is 0 Å². The lowest BCUT2D eigenvalue weighted by Crippen LogP contribution is -2.23. The normalized spacial score (nSPS) is 18.6. The molecule has 11 heavy (non-hydrogen) atoms. The average molecular weight is 171 g/mol. The number of rotatable bonds is 3. The van der Waals surface area contributed by atoms with E-state index < -0.39 is 0 Å². The van der Waals surface area contributed by atoms with Crippen LogP contribution in [0.1, 0.15) is 20.3 Å². The van der Waals surface area contributed by atoms with Crippen LogP contribution in [0.25, 0.3) is 0 Å². The third-order valence-electron chi connectivity index (χ3n) is 1.71. The minimum atomic E-state index is 0.762. The Morgan fingerprint density at radius 2 is 2.45 bits per heavy atom. The molecule has 1 N–H and O–H groups in total. The standard InChI is InChI=1S/C9H17NS/c1-8(2)11-7-9-4-3-5-10-6-9/h4,8,10H,3,5-7H2,1-2H3. The van der Waals surface area contributed by atoms with Gasteiger partial charge >= 0.3 is 0 Å². The summed E-state index contributed by atoms with van der Waals surface area (Å²) in [6.45, 7) is 6.78. The molecule has 0 fully saturated rings. The lowest BCUT2D eigenvalue weighted by molar-refractivity contribution is 0.704. The van der Waals surface area contributed by atoms with E-state index in [1.807, 2.05) is 11.8 Å². The largest absolute Gasteiger partial charge is 0.313 e. The summed E-state index contributed by atoms with van der Waals surface area (Å²) in [6, 6.07) is 0. The second-order valence-corrected chi connectivity index (χ2v) is 4.75. The second kappa shape index (κ2) is 4.83. The molecular formula is C9H17NS. The Morgan fingerprint density at radius 1 is 1.64 bits per heavy atom. The summed E-state index contributed by atoms with van der Waals surface area (Å²) in [5.74, 6) is 1.21. The van der Waals surface area contributed by atoms with E-state index in [2.05, 4.69) is 25.2 Å². The van der Waals surface area contributed by atoms with Crippen LogP contribution in [0.5, 0.6) is 0 Å². The van der Waals surface area contributed by atoms with Gasteiger partial charge in [-0.15, -0.1) is 0 Å². The maximum Gasteiger partial charge on any atom is 0.0173 e. The first-order valence-corrected chi connectivity index (χ1v) is 5.34. The van der Waals surface area contributed by atoms with Gasteiger partial charge in [0.15, 0.2) is 0 Å². The van der Waals surface area contributed by atoms with E-state index in [1.165, 1.54) is 12.2 Å². The molecule has 0 spiro atoms. The number of hydrogen-bond acceptors (Lipinski definition) is 2. The molecule has 0 radical (unpaired) electrons. The summed E-state index contributed by atoms with van der Waals surface area (Å²) in [5, 5.41) is 4.14. The van der Waals surface area contributed by atoms with Gasteiger partial charge in [0.2, 0.25) is 0 Å².